The zero-order valence-electron chi connectivity index (χ0n) is 15.5. The van der Waals surface area contributed by atoms with E-state index in [0.717, 1.165) is 0 Å². The number of nitrogens with one attached hydrogen (secondary N) is 1. The van der Waals surface area contributed by atoms with Crippen LogP contribution in [0.15, 0.2) is 82.0 Å². The number of rotatable bonds is 5. The largest absolute Gasteiger partial charge is 0.476 e. The summed E-state index contributed by atoms with van der Waals surface area (Å²) in [6.07, 6.45) is 0. The molecule has 3 aromatic carbocycles. The fraction of sp³-hybridized carbons (Fsp3) is 0.0435. The molecule has 5 nitrogen and oxygen atoms in total. The van der Waals surface area contributed by atoms with E-state index in [2.05, 4.69) is 5.32 Å². The second-order valence-electron chi connectivity index (χ2n) is 6.44. The lowest BCUT2D eigenvalue weighted by atomic mass is 10.1. The van der Waals surface area contributed by atoms with Crippen LogP contribution in [0.3, 0.4) is 0 Å². The average molecular weight is 424 g/mol. The van der Waals surface area contributed by atoms with Crippen molar-refractivity contribution in [3.63, 3.8) is 0 Å². The van der Waals surface area contributed by atoms with Gasteiger partial charge in [0.05, 0.1) is 5.39 Å². The zero-order chi connectivity index (χ0) is 21.1. The molecule has 0 radical (unpaired) electrons. The number of carbonyl (C=O) groups excluding carboxylic acids is 1. The first kappa shape index (κ1) is 19.7. The highest BCUT2D eigenvalue weighted by atomic mass is 35.5. The lowest BCUT2D eigenvalue weighted by molar-refractivity contribution is -0.118. The summed E-state index contributed by atoms with van der Waals surface area (Å²) in [6, 6.07) is 19.0. The summed E-state index contributed by atoms with van der Waals surface area (Å²) in [5.74, 6) is -0.800. The van der Waals surface area contributed by atoms with Crippen molar-refractivity contribution in [2.24, 2.45) is 0 Å². The standard InChI is InChI=1S/C23H15ClFNO4/c24-15-6-11-19-18(12-15)21(28)23(22(30-19)14-4-2-1-3-5-14)29-13-20(27)26-17-9-7-16(25)8-10-17/h1-12H,13H2,(H,26,27). The quantitative estimate of drug-likeness (QED) is 0.474. The van der Waals surface area contributed by atoms with Gasteiger partial charge < -0.3 is 14.5 Å². The Hall–Kier alpha value is -3.64. The van der Waals surface area contributed by atoms with Gasteiger partial charge in [-0.25, -0.2) is 4.39 Å². The minimum Gasteiger partial charge on any atom is -0.476 e. The van der Waals surface area contributed by atoms with Crippen molar-refractivity contribution in [2.75, 3.05) is 11.9 Å². The number of ether oxygens (including phenoxy) is 1. The summed E-state index contributed by atoms with van der Waals surface area (Å²) in [5.41, 5.74) is 0.949. The first-order valence-corrected chi connectivity index (χ1v) is 9.39. The second-order valence-corrected chi connectivity index (χ2v) is 6.88. The normalized spacial score (nSPS) is 10.7. The molecule has 1 aromatic heterocycles. The Morgan fingerprint density at radius 1 is 1.03 bits per heavy atom. The Morgan fingerprint density at radius 2 is 1.77 bits per heavy atom. The van der Waals surface area contributed by atoms with Crippen molar-refractivity contribution < 1.29 is 18.3 Å². The molecule has 0 aliphatic heterocycles. The van der Waals surface area contributed by atoms with Crippen LogP contribution in [0.25, 0.3) is 22.3 Å². The molecule has 0 aliphatic carbocycles. The Bertz CT molecular complexity index is 1270. The topological polar surface area (TPSA) is 68.5 Å². The molecule has 0 aliphatic rings. The van der Waals surface area contributed by atoms with E-state index in [9.17, 15) is 14.0 Å². The van der Waals surface area contributed by atoms with E-state index < -0.39 is 23.8 Å². The lowest BCUT2D eigenvalue weighted by Crippen LogP contribution is -2.22. The second kappa shape index (κ2) is 8.39. The molecule has 0 atom stereocenters. The summed E-state index contributed by atoms with van der Waals surface area (Å²) < 4.78 is 24.5. The first-order chi connectivity index (χ1) is 14.5. The summed E-state index contributed by atoms with van der Waals surface area (Å²) in [5, 5.41) is 3.20. The van der Waals surface area contributed by atoms with Crippen LogP contribution in [0, 0.1) is 5.82 Å². The predicted molar refractivity (Wildman–Crippen MR) is 113 cm³/mol. The van der Waals surface area contributed by atoms with Crippen molar-refractivity contribution in [1.82, 2.24) is 0 Å². The fourth-order valence-electron chi connectivity index (χ4n) is 2.93. The summed E-state index contributed by atoms with van der Waals surface area (Å²) in [7, 11) is 0. The molecular formula is C23H15ClFNO4. The molecule has 1 N–H and O–H groups in total. The summed E-state index contributed by atoms with van der Waals surface area (Å²) >= 11 is 6.02. The van der Waals surface area contributed by atoms with Gasteiger partial charge in [-0.1, -0.05) is 41.9 Å². The molecule has 7 heteroatoms. The SMILES string of the molecule is O=C(COc1c(-c2ccccc2)oc2ccc(Cl)cc2c1=O)Nc1ccc(F)cc1. The van der Waals surface area contributed by atoms with Gasteiger partial charge in [-0.2, -0.15) is 0 Å². The van der Waals surface area contributed by atoms with E-state index in [4.69, 9.17) is 20.8 Å². The number of carbonyl (C=O) groups is 1. The molecule has 0 unspecified atom stereocenters. The van der Waals surface area contributed by atoms with Gasteiger partial charge >= 0.3 is 0 Å². The smallest absolute Gasteiger partial charge is 0.262 e. The van der Waals surface area contributed by atoms with Crippen LogP contribution in [0.2, 0.25) is 5.02 Å². The van der Waals surface area contributed by atoms with E-state index in [1.807, 2.05) is 6.07 Å². The molecule has 1 heterocycles. The Kier molecular flexibility index (Phi) is 5.50. The summed E-state index contributed by atoms with van der Waals surface area (Å²) in [4.78, 5) is 25.3. The van der Waals surface area contributed by atoms with Crippen LogP contribution in [-0.2, 0) is 4.79 Å². The minimum atomic E-state index is -0.508. The van der Waals surface area contributed by atoms with Gasteiger partial charge in [-0.15, -0.1) is 0 Å². The zero-order valence-corrected chi connectivity index (χ0v) is 16.3. The van der Waals surface area contributed by atoms with Gasteiger partial charge in [0.1, 0.15) is 11.4 Å². The maximum absolute atomic E-state index is 13.1. The van der Waals surface area contributed by atoms with Crippen LogP contribution in [-0.4, -0.2) is 12.5 Å². The molecule has 0 spiro atoms. The minimum absolute atomic E-state index is 0.0924. The third-order valence-electron chi connectivity index (χ3n) is 4.32. The van der Waals surface area contributed by atoms with E-state index in [1.54, 1.807) is 36.4 Å². The van der Waals surface area contributed by atoms with Crippen molar-refractivity contribution in [2.45, 2.75) is 0 Å². The van der Waals surface area contributed by atoms with Crippen molar-refractivity contribution in [1.29, 1.82) is 0 Å². The van der Waals surface area contributed by atoms with Crippen molar-refractivity contribution in [3.8, 4) is 17.1 Å². The van der Waals surface area contributed by atoms with Gasteiger partial charge in [0.2, 0.25) is 11.2 Å². The monoisotopic (exact) mass is 423 g/mol. The first-order valence-electron chi connectivity index (χ1n) is 9.01. The molecule has 0 fully saturated rings. The highest BCUT2D eigenvalue weighted by Gasteiger charge is 2.19. The number of benzene rings is 3. The average Bonchev–Trinajstić information content (AvgIpc) is 2.75. The van der Waals surface area contributed by atoms with E-state index in [1.165, 1.54) is 30.3 Å². The number of hydrogen-bond acceptors (Lipinski definition) is 4. The maximum atomic E-state index is 13.1. The molecule has 1 amide bonds. The van der Waals surface area contributed by atoms with Gasteiger partial charge in [-0.3, -0.25) is 9.59 Å². The van der Waals surface area contributed by atoms with Gasteiger partial charge in [0, 0.05) is 16.3 Å². The molecule has 30 heavy (non-hydrogen) atoms. The highest BCUT2D eigenvalue weighted by molar-refractivity contribution is 6.31. The molecule has 0 saturated carbocycles. The highest BCUT2D eigenvalue weighted by Crippen LogP contribution is 2.31. The van der Waals surface area contributed by atoms with E-state index >= 15 is 0 Å². The molecule has 0 bridgehead atoms. The third-order valence-corrected chi connectivity index (χ3v) is 4.56. The fourth-order valence-corrected chi connectivity index (χ4v) is 3.10. The van der Waals surface area contributed by atoms with Crippen LogP contribution in [0.1, 0.15) is 0 Å². The number of anilines is 1. The Balaban J connectivity index is 1.67. The third kappa shape index (κ3) is 4.18. The Labute approximate surface area is 175 Å². The van der Waals surface area contributed by atoms with Crippen LogP contribution < -0.4 is 15.5 Å². The van der Waals surface area contributed by atoms with Crippen molar-refractivity contribution in [3.05, 3.63) is 93.9 Å². The number of halogens is 2. The maximum Gasteiger partial charge on any atom is 0.262 e. The molecule has 4 rings (SSSR count). The lowest BCUT2D eigenvalue weighted by Gasteiger charge is -2.12. The molecule has 4 aromatic rings. The number of fused-ring (bicyclic) bond motifs is 1. The van der Waals surface area contributed by atoms with Gasteiger partial charge in [-0.05, 0) is 42.5 Å². The molecule has 150 valence electrons. The Morgan fingerprint density at radius 3 is 2.50 bits per heavy atom. The van der Waals surface area contributed by atoms with Crippen molar-refractivity contribution >= 4 is 34.2 Å². The molecular weight excluding hydrogens is 409 g/mol. The van der Waals surface area contributed by atoms with Gasteiger partial charge in [0.25, 0.3) is 5.91 Å². The van der Waals surface area contributed by atoms with Crippen LogP contribution >= 0.6 is 11.6 Å². The van der Waals surface area contributed by atoms with E-state index in [-0.39, 0.29) is 16.9 Å². The summed E-state index contributed by atoms with van der Waals surface area (Å²) in [6.45, 7) is -0.436. The van der Waals surface area contributed by atoms with Crippen LogP contribution in [0.4, 0.5) is 10.1 Å². The van der Waals surface area contributed by atoms with E-state index in [0.29, 0.717) is 21.9 Å². The predicted octanol–water partition coefficient (Wildman–Crippen LogP) is 5.27. The number of amides is 1. The van der Waals surface area contributed by atoms with Crippen LogP contribution in [0.5, 0.6) is 5.75 Å². The van der Waals surface area contributed by atoms with Gasteiger partial charge in [0.15, 0.2) is 12.4 Å². The molecule has 0 saturated heterocycles. The number of hydrogen-bond donors (Lipinski definition) is 1.